The Balaban J connectivity index is 1.71. The second-order valence-corrected chi connectivity index (χ2v) is 14.7. The molecule has 0 N–H and O–H groups in total. The highest BCUT2D eigenvalue weighted by atomic mass is 28.4. The van der Waals surface area contributed by atoms with E-state index in [2.05, 4.69) is 33.9 Å². The van der Waals surface area contributed by atoms with Gasteiger partial charge in [-0.05, 0) is 48.8 Å². The average molecular weight is 480 g/mol. The van der Waals surface area contributed by atoms with Crippen LogP contribution < -0.4 is 4.74 Å². The van der Waals surface area contributed by atoms with Crippen LogP contribution in [-0.4, -0.2) is 43.6 Å². The first-order valence-corrected chi connectivity index (χ1v) is 14.5. The minimum absolute atomic E-state index is 0.00947. The fourth-order valence-electron chi connectivity index (χ4n) is 3.36. The van der Waals surface area contributed by atoms with Gasteiger partial charge in [0.05, 0.1) is 23.8 Å². The fourth-order valence-corrected chi connectivity index (χ4v) is 4.38. The number of benzene rings is 2. The summed E-state index contributed by atoms with van der Waals surface area (Å²) in [5.74, 6) is -0.482. The lowest BCUT2D eigenvalue weighted by Gasteiger charge is -2.38. The summed E-state index contributed by atoms with van der Waals surface area (Å²) in [5.41, 5.74) is 0.814. The highest BCUT2D eigenvalue weighted by Crippen LogP contribution is 2.37. The quantitative estimate of drug-likeness (QED) is 0.154. The number of amides is 2. The van der Waals surface area contributed by atoms with Crippen LogP contribution in [0.4, 0.5) is 0 Å². The maximum Gasteiger partial charge on any atom is 0.311 e. The van der Waals surface area contributed by atoms with Crippen molar-refractivity contribution in [2.24, 2.45) is 0 Å². The van der Waals surface area contributed by atoms with Crippen LogP contribution in [-0.2, 0) is 9.22 Å². The molecule has 0 radical (unpaired) electrons. The van der Waals surface area contributed by atoms with Gasteiger partial charge in [0.25, 0.3) is 11.8 Å². The fraction of sp³-hybridized carbons (Fsp3) is 0.370. The van der Waals surface area contributed by atoms with Gasteiger partial charge in [-0.3, -0.25) is 19.3 Å². The van der Waals surface area contributed by atoms with Gasteiger partial charge in [-0.25, -0.2) is 0 Å². The molecule has 3 rings (SSSR count). The van der Waals surface area contributed by atoms with E-state index >= 15 is 0 Å². The summed E-state index contributed by atoms with van der Waals surface area (Å²) in [6.45, 7) is 10.9. The Morgan fingerprint density at radius 2 is 1.53 bits per heavy atom. The van der Waals surface area contributed by atoms with Crippen molar-refractivity contribution < 1.29 is 23.5 Å². The molecule has 1 atom stereocenters. The number of hydrogen-bond donors (Lipinski definition) is 0. The van der Waals surface area contributed by atoms with Gasteiger partial charge < -0.3 is 9.16 Å². The SMILES string of the molecule is CC(C)(C)[Si](C)(C)OC[C@@H](/C=C\CCC(=O)Oc1ccccc1)N1C(=O)c2ccccc2C1=O. The Labute approximate surface area is 202 Å². The molecule has 0 spiro atoms. The van der Waals surface area contributed by atoms with Crippen LogP contribution >= 0.6 is 0 Å². The molecule has 7 heteroatoms. The molecule has 1 heterocycles. The van der Waals surface area contributed by atoms with Crippen LogP contribution in [0.2, 0.25) is 18.1 Å². The third kappa shape index (κ3) is 5.90. The van der Waals surface area contributed by atoms with Crippen LogP contribution in [0, 0.1) is 0 Å². The lowest BCUT2D eigenvalue weighted by Crippen LogP contribution is -2.47. The molecular formula is C27H33NO5Si. The Morgan fingerprint density at radius 3 is 2.09 bits per heavy atom. The maximum absolute atomic E-state index is 13.1. The maximum atomic E-state index is 13.1. The van der Waals surface area contributed by atoms with E-state index in [0.717, 1.165) is 0 Å². The number of nitrogens with zero attached hydrogens (tertiary/aromatic N) is 1. The van der Waals surface area contributed by atoms with Gasteiger partial charge in [0.1, 0.15) is 5.75 Å². The van der Waals surface area contributed by atoms with Crippen LogP contribution in [0.1, 0.15) is 54.3 Å². The molecule has 0 aromatic heterocycles. The van der Waals surface area contributed by atoms with Gasteiger partial charge in [-0.2, -0.15) is 0 Å². The molecule has 180 valence electrons. The van der Waals surface area contributed by atoms with Crippen molar-refractivity contribution in [3.63, 3.8) is 0 Å². The Hall–Kier alpha value is -3.03. The lowest BCUT2D eigenvalue weighted by molar-refractivity contribution is -0.134. The standard InChI is InChI=1S/C27H33NO5Si/c1-27(2,3)34(4,5)32-19-20(28-25(30)22-16-10-11-17-23(22)26(28)31)13-9-12-18-24(29)33-21-14-7-6-8-15-21/h6-11,13-17,20H,12,18-19H2,1-5H3/b13-9-/t20-/m1/s1. The Bertz CT molecular complexity index is 1040. The van der Waals surface area contributed by atoms with E-state index in [1.54, 1.807) is 54.6 Å². The van der Waals surface area contributed by atoms with Crippen molar-refractivity contribution in [1.82, 2.24) is 4.90 Å². The van der Waals surface area contributed by atoms with Gasteiger partial charge in [0, 0.05) is 6.42 Å². The first-order chi connectivity index (χ1) is 16.0. The number of carbonyl (C=O) groups is 3. The summed E-state index contributed by atoms with van der Waals surface area (Å²) < 4.78 is 11.7. The predicted octanol–water partition coefficient (Wildman–Crippen LogP) is 5.62. The minimum atomic E-state index is -2.11. The van der Waals surface area contributed by atoms with Crippen molar-refractivity contribution in [3.05, 3.63) is 77.9 Å². The first kappa shape index (κ1) is 25.6. The molecule has 34 heavy (non-hydrogen) atoms. The number of ether oxygens (including phenoxy) is 1. The van der Waals surface area contributed by atoms with E-state index < -0.39 is 14.4 Å². The molecule has 2 amide bonds. The molecule has 1 aliphatic rings. The minimum Gasteiger partial charge on any atom is -0.427 e. The van der Waals surface area contributed by atoms with Crippen LogP contribution in [0.3, 0.4) is 0 Å². The van der Waals surface area contributed by atoms with E-state index in [9.17, 15) is 14.4 Å². The van der Waals surface area contributed by atoms with Crippen molar-refractivity contribution in [3.8, 4) is 5.75 Å². The molecule has 0 bridgehead atoms. The van der Waals surface area contributed by atoms with Gasteiger partial charge in [-0.1, -0.05) is 63.3 Å². The van der Waals surface area contributed by atoms with E-state index in [1.165, 1.54) is 4.90 Å². The molecule has 2 aromatic carbocycles. The number of fused-ring (bicyclic) bond motifs is 1. The summed E-state index contributed by atoms with van der Waals surface area (Å²) in [5, 5.41) is -0.00947. The normalized spacial score (nSPS) is 15.0. The zero-order valence-corrected chi connectivity index (χ0v) is 21.5. The van der Waals surface area contributed by atoms with Gasteiger partial charge >= 0.3 is 5.97 Å². The third-order valence-electron chi connectivity index (χ3n) is 6.43. The topological polar surface area (TPSA) is 72.9 Å². The zero-order chi connectivity index (χ0) is 24.9. The predicted molar refractivity (Wildman–Crippen MR) is 134 cm³/mol. The van der Waals surface area contributed by atoms with Gasteiger partial charge in [0.2, 0.25) is 0 Å². The largest absolute Gasteiger partial charge is 0.427 e. The second-order valence-electron chi connectivity index (χ2n) is 9.92. The lowest BCUT2D eigenvalue weighted by atomic mass is 10.1. The van der Waals surface area contributed by atoms with Crippen LogP contribution in [0.15, 0.2) is 66.7 Å². The van der Waals surface area contributed by atoms with E-state index in [0.29, 0.717) is 23.3 Å². The number of imide groups is 1. The summed E-state index contributed by atoms with van der Waals surface area (Å²) in [7, 11) is -2.11. The Morgan fingerprint density at radius 1 is 0.971 bits per heavy atom. The molecule has 6 nitrogen and oxygen atoms in total. The van der Waals surface area contributed by atoms with E-state index in [1.807, 2.05) is 12.1 Å². The molecule has 1 aliphatic heterocycles. The molecule has 0 saturated carbocycles. The number of allylic oxidation sites excluding steroid dienone is 1. The number of para-hydroxylation sites is 1. The monoisotopic (exact) mass is 479 g/mol. The summed E-state index contributed by atoms with van der Waals surface area (Å²) >= 11 is 0. The van der Waals surface area contributed by atoms with Gasteiger partial charge in [0.15, 0.2) is 8.32 Å². The van der Waals surface area contributed by atoms with E-state index in [4.69, 9.17) is 9.16 Å². The third-order valence-corrected chi connectivity index (χ3v) is 10.9. The first-order valence-electron chi connectivity index (χ1n) is 11.5. The summed E-state index contributed by atoms with van der Waals surface area (Å²) in [6.07, 6.45) is 4.22. The van der Waals surface area contributed by atoms with Crippen LogP contribution in [0.25, 0.3) is 0 Å². The highest BCUT2D eigenvalue weighted by molar-refractivity contribution is 6.74. The number of rotatable bonds is 9. The average Bonchev–Trinajstić information content (AvgIpc) is 3.04. The number of esters is 1. The molecule has 2 aromatic rings. The molecular weight excluding hydrogens is 446 g/mol. The smallest absolute Gasteiger partial charge is 0.311 e. The molecule has 0 fully saturated rings. The van der Waals surface area contributed by atoms with Crippen LogP contribution in [0.5, 0.6) is 5.75 Å². The molecule has 0 saturated heterocycles. The van der Waals surface area contributed by atoms with Crippen molar-refractivity contribution >= 4 is 26.1 Å². The number of hydrogen-bond acceptors (Lipinski definition) is 5. The van der Waals surface area contributed by atoms with E-state index in [-0.39, 0.29) is 35.8 Å². The number of carbonyl (C=O) groups excluding carboxylic acids is 3. The second kappa shape index (κ2) is 10.5. The molecule has 0 aliphatic carbocycles. The van der Waals surface area contributed by atoms with Crippen molar-refractivity contribution in [2.75, 3.05) is 6.61 Å². The molecule has 0 unspecified atom stereocenters. The van der Waals surface area contributed by atoms with Gasteiger partial charge in [-0.15, -0.1) is 0 Å². The summed E-state index contributed by atoms with van der Waals surface area (Å²) in [4.78, 5) is 39.5. The zero-order valence-electron chi connectivity index (χ0n) is 20.5. The highest BCUT2D eigenvalue weighted by Gasteiger charge is 2.42. The van der Waals surface area contributed by atoms with Crippen molar-refractivity contribution in [1.29, 1.82) is 0 Å². The van der Waals surface area contributed by atoms with Crippen molar-refractivity contribution in [2.45, 2.75) is 57.8 Å². The Kier molecular flexibility index (Phi) is 7.89. The summed E-state index contributed by atoms with van der Waals surface area (Å²) in [6, 6.07) is 15.2.